The third-order valence-electron chi connectivity index (χ3n) is 2.27. The number of rotatable bonds is 1. The Morgan fingerprint density at radius 3 is 1.85 bits per heavy atom. The van der Waals surface area contributed by atoms with Gasteiger partial charge in [-0.05, 0) is 26.1 Å². The topological polar surface area (TPSA) is 90.4 Å². The van der Waals surface area contributed by atoms with Crippen LogP contribution in [0.3, 0.4) is 0 Å². The van der Waals surface area contributed by atoms with Gasteiger partial charge in [-0.3, -0.25) is 4.99 Å². The molecule has 0 atom stereocenters. The van der Waals surface area contributed by atoms with E-state index in [0.717, 1.165) is 11.1 Å². The Kier molecular flexibility index (Phi) is 2.14. The van der Waals surface area contributed by atoms with E-state index in [0.29, 0.717) is 22.7 Å². The summed E-state index contributed by atoms with van der Waals surface area (Å²) in [5.74, 6) is 0. The van der Waals surface area contributed by atoms with Crippen molar-refractivity contribution >= 4 is 29.5 Å². The van der Waals surface area contributed by atoms with E-state index in [1.165, 1.54) is 0 Å². The molecule has 0 aliphatic rings. The van der Waals surface area contributed by atoms with E-state index in [1.807, 2.05) is 13.8 Å². The maximum Gasteiger partial charge on any atom is 0.0905 e. The average Bonchev–Trinajstić information content (AvgIpc) is 2.13. The van der Waals surface area contributed by atoms with Gasteiger partial charge in [0, 0.05) is 5.56 Å². The van der Waals surface area contributed by atoms with E-state index in [2.05, 4.69) is 11.7 Å². The van der Waals surface area contributed by atoms with E-state index in [1.54, 1.807) is 0 Å². The predicted molar refractivity (Wildman–Crippen MR) is 58.4 cm³/mol. The minimum atomic E-state index is 0.530. The van der Waals surface area contributed by atoms with Crippen LogP contribution in [0.15, 0.2) is 4.99 Å². The molecule has 0 bridgehead atoms. The third-order valence-corrected chi connectivity index (χ3v) is 2.27. The lowest BCUT2D eigenvalue weighted by Gasteiger charge is -2.13. The summed E-state index contributed by atoms with van der Waals surface area (Å²) >= 11 is 0. The summed E-state index contributed by atoms with van der Waals surface area (Å²) in [6.45, 7) is 7.08. The molecular formula is C9H14N4. The van der Waals surface area contributed by atoms with E-state index in [-0.39, 0.29) is 0 Å². The average molecular weight is 178 g/mol. The van der Waals surface area contributed by atoms with Gasteiger partial charge in [-0.1, -0.05) is 0 Å². The molecule has 0 saturated heterocycles. The summed E-state index contributed by atoms with van der Waals surface area (Å²) in [6.07, 6.45) is 0. The van der Waals surface area contributed by atoms with Crippen LogP contribution in [-0.4, -0.2) is 6.72 Å². The summed E-state index contributed by atoms with van der Waals surface area (Å²) in [6, 6.07) is 0. The van der Waals surface area contributed by atoms with Gasteiger partial charge in [0.15, 0.2) is 0 Å². The van der Waals surface area contributed by atoms with Crippen LogP contribution in [0.5, 0.6) is 0 Å². The summed E-state index contributed by atoms with van der Waals surface area (Å²) in [4.78, 5) is 3.82. The van der Waals surface area contributed by atoms with E-state index in [4.69, 9.17) is 17.2 Å². The first-order chi connectivity index (χ1) is 6.00. The first-order valence-electron chi connectivity index (χ1n) is 3.91. The summed E-state index contributed by atoms with van der Waals surface area (Å²) in [7, 11) is 0. The van der Waals surface area contributed by atoms with Gasteiger partial charge in [-0.2, -0.15) is 0 Å². The summed E-state index contributed by atoms with van der Waals surface area (Å²) in [5.41, 5.74) is 21.1. The van der Waals surface area contributed by atoms with Crippen molar-refractivity contribution in [1.29, 1.82) is 0 Å². The fraction of sp³-hybridized carbons (Fsp3) is 0.222. The standard InChI is InChI=1S/C9H14N4/c1-4-6(10)7(11)5(2)9(13-3)8(4)12/h3,10-12H2,1-2H3. The third kappa shape index (κ3) is 1.20. The van der Waals surface area contributed by atoms with Crippen LogP contribution in [0.25, 0.3) is 0 Å². The number of aliphatic imine (C=N–C) groups is 1. The van der Waals surface area contributed by atoms with Gasteiger partial charge in [-0.25, -0.2) is 0 Å². The van der Waals surface area contributed by atoms with E-state index in [9.17, 15) is 0 Å². The second-order valence-electron chi connectivity index (χ2n) is 3.00. The highest BCUT2D eigenvalue weighted by atomic mass is 14.8. The Hall–Kier alpha value is -1.71. The molecule has 70 valence electrons. The second kappa shape index (κ2) is 2.97. The fourth-order valence-corrected chi connectivity index (χ4v) is 1.26. The van der Waals surface area contributed by atoms with Gasteiger partial charge in [0.2, 0.25) is 0 Å². The fourth-order valence-electron chi connectivity index (χ4n) is 1.26. The predicted octanol–water partition coefficient (Wildman–Crippen LogP) is 1.38. The minimum Gasteiger partial charge on any atom is -0.397 e. The number of hydrogen-bond acceptors (Lipinski definition) is 4. The number of hydrogen-bond donors (Lipinski definition) is 3. The number of nitrogens with zero attached hydrogens (tertiary/aromatic N) is 1. The maximum atomic E-state index is 5.79. The monoisotopic (exact) mass is 178 g/mol. The highest BCUT2D eigenvalue weighted by Gasteiger charge is 2.12. The van der Waals surface area contributed by atoms with Gasteiger partial charge in [0.25, 0.3) is 0 Å². The molecule has 0 aliphatic carbocycles. The molecule has 13 heavy (non-hydrogen) atoms. The molecule has 0 aliphatic heterocycles. The normalized spacial score (nSPS) is 10.0. The molecule has 6 N–H and O–H groups in total. The van der Waals surface area contributed by atoms with Crippen LogP contribution in [0, 0.1) is 13.8 Å². The Morgan fingerprint density at radius 1 is 0.923 bits per heavy atom. The van der Waals surface area contributed by atoms with Crippen molar-refractivity contribution in [3.8, 4) is 0 Å². The van der Waals surface area contributed by atoms with Gasteiger partial charge >= 0.3 is 0 Å². The molecule has 4 nitrogen and oxygen atoms in total. The van der Waals surface area contributed by atoms with Crippen molar-refractivity contribution in [3.63, 3.8) is 0 Å². The summed E-state index contributed by atoms with van der Waals surface area (Å²) in [5, 5.41) is 0. The van der Waals surface area contributed by atoms with Gasteiger partial charge in [0.05, 0.1) is 22.7 Å². The zero-order valence-corrected chi connectivity index (χ0v) is 7.89. The van der Waals surface area contributed by atoms with Gasteiger partial charge in [0.1, 0.15) is 0 Å². The largest absolute Gasteiger partial charge is 0.397 e. The molecule has 1 rings (SSSR count). The number of nitrogen functional groups attached to an aromatic ring is 3. The van der Waals surface area contributed by atoms with Crippen LogP contribution in [0.1, 0.15) is 11.1 Å². The van der Waals surface area contributed by atoms with E-state index < -0.39 is 0 Å². The molecule has 0 amide bonds. The number of nitrogens with two attached hydrogens (primary N) is 3. The lowest BCUT2D eigenvalue weighted by atomic mass is 10.0. The first-order valence-corrected chi connectivity index (χ1v) is 3.91. The van der Waals surface area contributed by atoms with Crippen LogP contribution in [0.2, 0.25) is 0 Å². The Morgan fingerprint density at radius 2 is 1.38 bits per heavy atom. The highest BCUT2D eigenvalue weighted by molar-refractivity contribution is 5.87. The van der Waals surface area contributed by atoms with Crippen molar-refractivity contribution in [2.75, 3.05) is 17.2 Å². The SMILES string of the molecule is C=Nc1c(C)c(N)c(N)c(C)c1N. The lowest BCUT2D eigenvalue weighted by Crippen LogP contribution is -2.04. The highest BCUT2D eigenvalue weighted by Crippen LogP contribution is 2.38. The van der Waals surface area contributed by atoms with Crippen LogP contribution in [0.4, 0.5) is 22.7 Å². The quantitative estimate of drug-likeness (QED) is 0.448. The Labute approximate surface area is 77.4 Å². The van der Waals surface area contributed by atoms with Crippen LogP contribution in [-0.2, 0) is 0 Å². The zero-order chi connectivity index (χ0) is 10.2. The molecule has 1 aromatic carbocycles. The molecule has 0 spiro atoms. The van der Waals surface area contributed by atoms with E-state index >= 15 is 0 Å². The molecule has 1 aromatic rings. The Balaban J connectivity index is 3.66. The van der Waals surface area contributed by atoms with Crippen molar-refractivity contribution in [2.45, 2.75) is 13.8 Å². The second-order valence-corrected chi connectivity index (χ2v) is 3.00. The summed E-state index contributed by atoms with van der Waals surface area (Å²) < 4.78 is 0. The molecule has 0 unspecified atom stereocenters. The van der Waals surface area contributed by atoms with Crippen molar-refractivity contribution < 1.29 is 0 Å². The molecule has 0 fully saturated rings. The lowest BCUT2D eigenvalue weighted by molar-refractivity contribution is 1.37. The maximum absolute atomic E-state index is 5.79. The number of benzene rings is 1. The van der Waals surface area contributed by atoms with Gasteiger partial charge in [-0.15, -0.1) is 0 Å². The van der Waals surface area contributed by atoms with Crippen molar-refractivity contribution in [2.24, 2.45) is 4.99 Å². The molecular weight excluding hydrogens is 164 g/mol. The van der Waals surface area contributed by atoms with Crippen LogP contribution >= 0.6 is 0 Å². The molecule has 0 saturated carbocycles. The molecule has 0 aromatic heterocycles. The van der Waals surface area contributed by atoms with Crippen LogP contribution < -0.4 is 17.2 Å². The minimum absolute atomic E-state index is 0.530. The molecule has 0 heterocycles. The zero-order valence-electron chi connectivity index (χ0n) is 7.89. The molecule has 4 heteroatoms. The smallest absolute Gasteiger partial charge is 0.0905 e. The van der Waals surface area contributed by atoms with Crippen molar-refractivity contribution in [1.82, 2.24) is 0 Å². The van der Waals surface area contributed by atoms with Crippen molar-refractivity contribution in [3.05, 3.63) is 11.1 Å². The van der Waals surface area contributed by atoms with Gasteiger partial charge < -0.3 is 17.2 Å². The Bertz CT molecular complexity index is 339. The molecule has 0 radical (unpaired) electrons. The number of anilines is 3. The first kappa shape index (κ1) is 9.38.